The highest BCUT2D eigenvalue weighted by molar-refractivity contribution is 5.84. The molecule has 2 heterocycles. The summed E-state index contributed by atoms with van der Waals surface area (Å²) in [6.07, 6.45) is 1.87. The van der Waals surface area contributed by atoms with Gasteiger partial charge in [0.15, 0.2) is 0 Å². The molecule has 0 bridgehead atoms. The van der Waals surface area contributed by atoms with Crippen LogP contribution in [0.2, 0.25) is 0 Å². The number of alkyl carbamates (subject to hydrolysis) is 1. The number of hydrogen-bond donors (Lipinski definition) is 1. The molecule has 1 aliphatic heterocycles. The Morgan fingerprint density at radius 1 is 1.09 bits per heavy atom. The van der Waals surface area contributed by atoms with Crippen LogP contribution in [0.3, 0.4) is 0 Å². The maximum atomic E-state index is 13.9. The van der Waals surface area contributed by atoms with E-state index in [4.69, 9.17) is 14.5 Å². The molecule has 1 N–H and O–H groups in total. The molecule has 186 valence electrons. The summed E-state index contributed by atoms with van der Waals surface area (Å²) in [5.74, 6) is 0.928. The number of carbonyl (C=O) groups is 1. The summed E-state index contributed by atoms with van der Waals surface area (Å²) >= 11 is 0. The summed E-state index contributed by atoms with van der Waals surface area (Å²) in [5, 5.41) is 3.24. The summed E-state index contributed by atoms with van der Waals surface area (Å²) in [7, 11) is 0. The van der Waals surface area contributed by atoms with Crippen LogP contribution in [-0.2, 0) is 4.74 Å². The molecule has 1 aromatic heterocycles. The lowest BCUT2D eigenvalue weighted by Crippen LogP contribution is -2.37. The molecule has 0 saturated carbocycles. The second-order valence-electron chi connectivity index (χ2n) is 9.86. The van der Waals surface area contributed by atoms with Crippen LogP contribution in [0, 0.1) is 0 Å². The van der Waals surface area contributed by atoms with Crippen LogP contribution in [0.1, 0.15) is 52.4 Å². The number of ether oxygens (including phenoxy) is 2. The Labute approximate surface area is 205 Å². The number of benzene rings is 2. The zero-order valence-corrected chi connectivity index (χ0v) is 20.9. The van der Waals surface area contributed by atoms with Gasteiger partial charge in [0.25, 0.3) is 5.56 Å². The van der Waals surface area contributed by atoms with E-state index < -0.39 is 17.7 Å². The third kappa shape index (κ3) is 6.00. The predicted molar refractivity (Wildman–Crippen MR) is 136 cm³/mol. The fourth-order valence-electron chi connectivity index (χ4n) is 4.29. The van der Waals surface area contributed by atoms with Crippen molar-refractivity contribution >= 4 is 17.0 Å². The lowest BCUT2D eigenvalue weighted by molar-refractivity contribution is 0.0505. The molecule has 4 rings (SSSR count). The van der Waals surface area contributed by atoms with Gasteiger partial charge in [-0.15, -0.1) is 0 Å². The van der Waals surface area contributed by atoms with Gasteiger partial charge < -0.3 is 14.8 Å². The molecule has 0 spiro atoms. The van der Waals surface area contributed by atoms with E-state index in [-0.39, 0.29) is 5.56 Å². The summed E-state index contributed by atoms with van der Waals surface area (Å²) in [6, 6.07) is 14.2. The number of carbonyl (C=O) groups excluding carboxylic acids is 1. The lowest BCUT2D eigenvalue weighted by Gasteiger charge is -2.23. The van der Waals surface area contributed by atoms with Crippen molar-refractivity contribution in [2.45, 2.75) is 52.2 Å². The maximum Gasteiger partial charge on any atom is 0.408 e. The molecule has 3 aromatic rings. The normalized spacial score (nSPS) is 15.2. The highest BCUT2D eigenvalue weighted by Gasteiger charge is 2.24. The van der Waals surface area contributed by atoms with E-state index in [0.29, 0.717) is 34.8 Å². The Hall–Kier alpha value is -3.39. The molecule has 1 atom stereocenters. The molecule has 0 radical (unpaired) electrons. The maximum absolute atomic E-state index is 13.9. The van der Waals surface area contributed by atoms with E-state index >= 15 is 0 Å². The molecule has 0 aliphatic carbocycles. The van der Waals surface area contributed by atoms with Crippen molar-refractivity contribution in [1.29, 1.82) is 0 Å². The molecule has 1 saturated heterocycles. The Morgan fingerprint density at radius 2 is 1.80 bits per heavy atom. The van der Waals surface area contributed by atoms with Crippen molar-refractivity contribution in [2.24, 2.45) is 0 Å². The van der Waals surface area contributed by atoms with Gasteiger partial charge in [-0.1, -0.05) is 24.3 Å². The van der Waals surface area contributed by atoms with Crippen LogP contribution in [0.25, 0.3) is 16.6 Å². The largest absolute Gasteiger partial charge is 0.491 e. The SMILES string of the molecule is CC(NC(=O)OC(C)(C)C)c1nc2cccc(OCCN3CCCC3)c2c(=O)n1-c1ccccc1. The Balaban J connectivity index is 1.72. The Kier molecular flexibility index (Phi) is 7.40. The summed E-state index contributed by atoms with van der Waals surface area (Å²) in [4.78, 5) is 33.5. The topological polar surface area (TPSA) is 85.7 Å². The van der Waals surface area contributed by atoms with Crippen LogP contribution in [0.4, 0.5) is 4.79 Å². The second kappa shape index (κ2) is 10.5. The molecule has 1 aliphatic rings. The van der Waals surface area contributed by atoms with Gasteiger partial charge in [-0.25, -0.2) is 9.78 Å². The third-order valence-electron chi connectivity index (χ3n) is 5.88. The van der Waals surface area contributed by atoms with Gasteiger partial charge in [-0.2, -0.15) is 0 Å². The quantitative estimate of drug-likeness (QED) is 0.540. The van der Waals surface area contributed by atoms with Gasteiger partial charge in [0.05, 0.1) is 17.2 Å². The van der Waals surface area contributed by atoms with E-state index in [2.05, 4.69) is 10.2 Å². The van der Waals surface area contributed by atoms with Gasteiger partial charge >= 0.3 is 6.09 Å². The van der Waals surface area contributed by atoms with E-state index in [1.54, 1.807) is 33.8 Å². The first-order valence-corrected chi connectivity index (χ1v) is 12.2. The van der Waals surface area contributed by atoms with Crippen molar-refractivity contribution in [3.05, 3.63) is 64.7 Å². The molecule has 35 heavy (non-hydrogen) atoms. The summed E-state index contributed by atoms with van der Waals surface area (Å²) < 4.78 is 13.0. The monoisotopic (exact) mass is 478 g/mol. The number of amides is 1. The molecular weight excluding hydrogens is 444 g/mol. The Bertz CT molecular complexity index is 1230. The van der Waals surface area contributed by atoms with Crippen molar-refractivity contribution in [1.82, 2.24) is 19.8 Å². The minimum Gasteiger partial charge on any atom is -0.491 e. The lowest BCUT2D eigenvalue weighted by atomic mass is 10.2. The highest BCUT2D eigenvalue weighted by Crippen LogP contribution is 2.25. The number of rotatable bonds is 7. The van der Waals surface area contributed by atoms with Crippen molar-refractivity contribution in [2.75, 3.05) is 26.2 Å². The molecule has 1 amide bonds. The van der Waals surface area contributed by atoms with Crippen LogP contribution < -0.4 is 15.6 Å². The van der Waals surface area contributed by atoms with Crippen molar-refractivity contribution < 1.29 is 14.3 Å². The van der Waals surface area contributed by atoms with E-state index in [9.17, 15) is 9.59 Å². The number of fused-ring (bicyclic) bond motifs is 1. The fraction of sp³-hybridized carbons (Fsp3) is 0.444. The van der Waals surface area contributed by atoms with Crippen LogP contribution in [-0.4, -0.2) is 52.4 Å². The first-order valence-electron chi connectivity index (χ1n) is 12.2. The third-order valence-corrected chi connectivity index (χ3v) is 5.88. The zero-order valence-electron chi connectivity index (χ0n) is 20.9. The summed E-state index contributed by atoms with van der Waals surface area (Å²) in [5.41, 5.74) is 0.298. The van der Waals surface area contributed by atoms with Gasteiger partial charge in [0.2, 0.25) is 0 Å². The minimum atomic E-state index is -0.638. The number of nitrogens with zero attached hydrogens (tertiary/aromatic N) is 3. The first-order chi connectivity index (χ1) is 16.7. The molecule has 1 fully saturated rings. The standard InChI is InChI=1S/C27H34N4O4/c1-19(28-26(33)35-27(2,3)4)24-29-21-13-10-14-22(34-18-17-30-15-8-9-16-30)23(21)25(32)31(24)20-11-6-5-7-12-20/h5-7,10-14,19H,8-9,15-18H2,1-4H3,(H,28,33). The van der Waals surface area contributed by atoms with Gasteiger partial charge in [0.1, 0.15) is 29.2 Å². The highest BCUT2D eigenvalue weighted by atomic mass is 16.6. The minimum absolute atomic E-state index is 0.245. The summed E-state index contributed by atoms with van der Waals surface area (Å²) in [6.45, 7) is 10.7. The van der Waals surface area contributed by atoms with Gasteiger partial charge in [-0.3, -0.25) is 14.3 Å². The van der Waals surface area contributed by atoms with E-state index in [1.165, 1.54) is 17.4 Å². The Morgan fingerprint density at radius 3 is 2.49 bits per heavy atom. The van der Waals surface area contributed by atoms with E-state index in [0.717, 1.165) is 19.6 Å². The average molecular weight is 479 g/mol. The number of para-hydroxylation sites is 1. The molecule has 8 nitrogen and oxygen atoms in total. The van der Waals surface area contributed by atoms with Crippen molar-refractivity contribution in [3.63, 3.8) is 0 Å². The zero-order chi connectivity index (χ0) is 25.0. The number of nitrogens with one attached hydrogen (secondary N) is 1. The smallest absolute Gasteiger partial charge is 0.408 e. The van der Waals surface area contributed by atoms with Gasteiger partial charge in [0, 0.05) is 6.54 Å². The molecular formula is C27H34N4O4. The van der Waals surface area contributed by atoms with Crippen LogP contribution in [0.15, 0.2) is 53.3 Å². The number of likely N-dealkylation sites (tertiary alicyclic amines) is 1. The number of aromatic nitrogens is 2. The number of hydrogen-bond acceptors (Lipinski definition) is 6. The molecule has 8 heteroatoms. The molecule has 2 aromatic carbocycles. The van der Waals surface area contributed by atoms with Crippen molar-refractivity contribution in [3.8, 4) is 11.4 Å². The van der Waals surface area contributed by atoms with E-state index in [1.807, 2.05) is 42.5 Å². The van der Waals surface area contributed by atoms with Crippen LogP contribution >= 0.6 is 0 Å². The van der Waals surface area contributed by atoms with Crippen LogP contribution in [0.5, 0.6) is 5.75 Å². The first kappa shape index (κ1) is 24.7. The van der Waals surface area contributed by atoms with Gasteiger partial charge in [-0.05, 0) is 77.9 Å². The predicted octanol–water partition coefficient (Wildman–Crippen LogP) is 4.45. The molecule has 1 unspecified atom stereocenters. The average Bonchev–Trinajstić information content (AvgIpc) is 3.31. The fourth-order valence-corrected chi connectivity index (χ4v) is 4.29. The second-order valence-corrected chi connectivity index (χ2v) is 9.86.